The molecule has 0 aliphatic carbocycles. The quantitative estimate of drug-likeness (QED) is 0.715. The number of nitrogens with one attached hydrogen (secondary N) is 1. The van der Waals surface area contributed by atoms with Crippen LogP contribution in [0.4, 0.5) is 0 Å². The number of sulfone groups is 1. The highest BCUT2D eigenvalue weighted by atomic mass is 35.5. The minimum absolute atomic E-state index is 0.0791. The second kappa shape index (κ2) is 7.48. The van der Waals surface area contributed by atoms with Crippen molar-refractivity contribution in [3.05, 3.63) is 77.3 Å². The van der Waals surface area contributed by atoms with Gasteiger partial charge in [0.15, 0.2) is 9.84 Å². The maximum absolute atomic E-state index is 12.3. The van der Waals surface area contributed by atoms with Crippen LogP contribution in [-0.2, 0) is 14.6 Å². The van der Waals surface area contributed by atoms with Crippen LogP contribution in [0.15, 0.2) is 71.6 Å². The highest BCUT2D eigenvalue weighted by Gasteiger charge is 2.20. The van der Waals surface area contributed by atoms with E-state index in [1.165, 1.54) is 24.3 Å². The SMILES string of the molecule is CC(NC(=O)CS(=O)(=O)c1ccc(Cl)cc1)c1ccc2ccccc2c1. The van der Waals surface area contributed by atoms with Crippen molar-refractivity contribution in [3.8, 4) is 0 Å². The first-order chi connectivity index (χ1) is 12.3. The molecule has 3 rings (SSSR count). The molecule has 0 heterocycles. The molecule has 4 nitrogen and oxygen atoms in total. The Labute approximate surface area is 157 Å². The summed E-state index contributed by atoms with van der Waals surface area (Å²) in [5.41, 5.74) is 0.918. The largest absolute Gasteiger partial charge is 0.349 e. The minimum Gasteiger partial charge on any atom is -0.349 e. The first-order valence-electron chi connectivity index (χ1n) is 8.11. The van der Waals surface area contributed by atoms with E-state index in [2.05, 4.69) is 5.32 Å². The molecular formula is C20H18ClNO3S. The van der Waals surface area contributed by atoms with Gasteiger partial charge in [0, 0.05) is 5.02 Å². The number of rotatable bonds is 5. The van der Waals surface area contributed by atoms with Crippen molar-refractivity contribution < 1.29 is 13.2 Å². The lowest BCUT2D eigenvalue weighted by atomic mass is 10.0. The maximum atomic E-state index is 12.3. The van der Waals surface area contributed by atoms with Crippen molar-refractivity contribution in [1.29, 1.82) is 0 Å². The van der Waals surface area contributed by atoms with Gasteiger partial charge in [0.2, 0.25) is 5.91 Å². The minimum atomic E-state index is -3.71. The van der Waals surface area contributed by atoms with Crippen LogP contribution in [0, 0.1) is 0 Å². The molecule has 0 radical (unpaired) electrons. The van der Waals surface area contributed by atoms with Crippen LogP contribution in [-0.4, -0.2) is 20.1 Å². The Morgan fingerprint density at radius 1 is 1.00 bits per heavy atom. The zero-order chi connectivity index (χ0) is 18.7. The van der Waals surface area contributed by atoms with Gasteiger partial charge in [-0.2, -0.15) is 0 Å². The molecule has 6 heteroatoms. The molecule has 1 amide bonds. The Morgan fingerprint density at radius 3 is 2.35 bits per heavy atom. The van der Waals surface area contributed by atoms with Crippen LogP contribution in [0.25, 0.3) is 10.8 Å². The van der Waals surface area contributed by atoms with Gasteiger partial charge in [-0.25, -0.2) is 8.42 Å². The number of halogens is 1. The van der Waals surface area contributed by atoms with E-state index in [0.29, 0.717) is 5.02 Å². The molecule has 0 aliphatic heterocycles. The summed E-state index contributed by atoms with van der Waals surface area (Å²) >= 11 is 5.77. The van der Waals surface area contributed by atoms with Gasteiger partial charge in [0.1, 0.15) is 5.75 Å². The molecule has 3 aromatic rings. The predicted octanol–water partition coefficient (Wildman–Crippen LogP) is 4.14. The Hall–Kier alpha value is -2.37. The average Bonchev–Trinajstić information content (AvgIpc) is 2.61. The van der Waals surface area contributed by atoms with E-state index >= 15 is 0 Å². The predicted molar refractivity (Wildman–Crippen MR) is 104 cm³/mol. The monoisotopic (exact) mass is 387 g/mol. The molecule has 3 aromatic carbocycles. The summed E-state index contributed by atoms with van der Waals surface area (Å²) in [7, 11) is -3.71. The van der Waals surface area contributed by atoms with Crippen molar-refractivity contribution >= 4 is 38.1 Å². The van der Waals surface area contributed by atoms with Crippen LogP contribution in [0.3, 0.4) is 0 Å². The van der Waals surface area contributed by atoms with E-state index in [9.17, 15) is 13.2 Å². The van der Waals surface area contributed by atoms with Gasteiger partial charge in [-0.1, -0.05) is 48.0 Å². The number of carbonyl (C=O) groups excluding carboxylic acids is 1. The van der Waals surface area contributed by atoms with E-state index < -0.39 is 21.5 Å². The van der Waals surface area contributed by atoms with Crippen LogP contribution >= 0.6 is 11.6 Å². The standard InChI is InChI=1S/C20H18ClNO3S/c1-14(16-7-6-15-4-2-3-5-17(15)12-16)22-20(23)13-26(24,25)19-10-8-18(21)9-11-19/h2-12,14H,13H2,1H3,(H,22,23). The van der Waals surface area contributed by atoms with E-state index in [4.69, 9.17) is 11.6 Å². The molecule has 0 spiro atoms. The molecule has 26 heavy (non-hydrogen) atoms. The fraction of sp³-hybridized carbons (Fsp3) is 0.150. The maximum Gasteiger partial charge on any atom is 0.236 e. The zero-order valence-corrected chi connectivity index (χ0v) is 15.7. The Morgan fingerprint density at radius 2 is 1.65 bits per heavy atom. The molecule has 1 atom stereocenters. The molecule has 0 saturated heterocycles. The van der Waals surface area contributed by atoms with Crippen LogP contribution in [0.5, 0.6) is 0 Å². The van der Waals surface area contributed by atoms with E-state index in [0.717, 1.165) is 16.3 Å². The summed E-state index contributed by atoms with van der Waals surface area (Å²) in [5, 5.41) is 5.38. The summed E-state index contributed by atoms with van der Waals surface area (Å²) in [6.07, 6.45) is 0. The van der Waals surface area contributed by atoms with Gasteiger partial charge >= 0.3 is 0 Å². The third-order valence-corrected chi connectivity index (χ3v) is 6.03. The first kappa shape index (κ1) is 18.4. The van der Waals surface area contributed by atoms with E-state index in [1.807, 2.05) is 49.4 Å². The Kier molecular flexibility index (Phi) is 5.30. The van der Waals surface area contributed by atoms with E-state index in [1.54, 1.807) is 0 Å². The van der Waals surface area contributed by atoms with Crippen molar-refractivity contribution in [3.63, 3.8) is 0 Å². The molecule has 0 fully saturated rings. The average molecular weight is 388 g/mol. The number of hydrogen-bond donors (Lipinski definition) is 1. The molecule has 0 bridgehead atoms. The van der Waals surface area contributed by atoms with Gasteiger partial charge in [-0.15, -0.1) is 0 Å². The van der Waals surface area contributed by atoms with Crippen molar-refractivity contribution in [2.45, 2.75) is 17.9 Å². The second-order valence-electron chi connectivity index (χ2n) is 6.11. The highest BCUT2D eigenvalue weighted by molar-refractivity contribution is 7.92. The molecule has 134 valence electrons. The lowest BCUT2D eigenvalue weighted by Gasteiger charge is -2.15. The first-order valence-corrected chi connectivity index (χ1v) is 10.1. The normalized spacial score (nSPS) is 12.7. The molecule has 0 aliphatic rings. The van der Waals surface area contributed by atoms with Crippen LogP contribution in [0.1, 0.15) is 18.5 Å². The fourth-order valence-corrected chi connectivity index (χ4v) is 4.01. The molecule has 1 N–H and O–H groups in total. The Balaban J connectivity index is 1.71. The number of amides is 1. The van der Waals surface area contributed by atoms with Gasteiger partial charge in [0.05, 0.1) is 10.9 Å². The third kappa shape index (κ3) is 4.23. The summed E-state index contributed by atoms with van der Waals surface area (Å²) in [6, 6.07) is 19.3. The third-order valence-electron chi connectivity index (χ3n) is 4.14. The lowest BCUT2D eigenvalue weighted by Crippen LogP contribution is -2.32. The fourth-order valence-electron chi connectivity index (χ4n) is 2.74. The van der Waals surface area contributed by atoms with Crippen LogP contribution in [0.2, 0.25) is 5.02 Å². The lowest BCUT2D eigenvalue weighted by molar-refractivity contribution is -0.119. The van der Waals surface area contributed by atoms with Crippen molar-refractivity contribution in [2.75, 3.05) is 5.75 Å². The summed E-state index contributed by atoms with van der Waals surface area (Å²) in [5.74, 6) is -1.15. The zero-order valence-electron chi connectivity index (χ0n) is 14.1. The number of hydrogen-bond acceptors (Lipinski definition) is 3. The van der Waals surface area contributed by atoms with Gasteiger partial charge in [-0.05, 0) is 53.6 Å². The molecule has 0 saturated carbocycles. The number of fused-ring (bicyclic) bond motifs is 1. The van der Waals surface area contributed by atoms with Crippen LogP contribution < -0.4 is 5.32 Å². The molecule has 1 unspecified atom stereocenters. The molecular weight excluding hydrogens is 370 g/mol. The van der Waals surface area contributed by atoms with Gasteiger partial charge in [-0.3, -0.25) is 4.79 Å². The van der Waals surface area contributed by atoms with Crippen molar-refractivity contribution in [1.82, 2.24) is 5.32 Å². The summed E-state index contributed by atoms with van der Waals surface area (Å²) in [4.78, 5) is 12.3. The van der Waals surface area contributed by atoms with Crippen molar-refractivity contribution in [2.24, 2.45) is 0 Å². The highest BCUT2D eigenvalue weighted by Crippen LogP contribution is 2.21. The van der Waals surface area contributed by atoms with E-state index in [-0.39, 0.29) is 10.9 Å². The molecule has 0 aromatic heterocycles. The van der Waals surface area contributed by atoms with Gasteiger partial charge < -0.3 is 5.32 Å². The smallest absolute Gasteiger partial charge is 0.236 e. The number of carbonyl (C=O) groups is 1. The summed E-state index contributed by atoms with van der Waals surface area (Å²) < 4.78 is 24.7. The van der Waals surface area contributed by atoms with Gasteiger partial charge in [0.25, 0.3) is 0 Å². The second-order valence-corrected chi connectivity index (χ2v) is 8.53. The number of benzene rings is 3. The Bertz CT molecular complexity index is 1050. The summed E-state index contributed by atoms with van der Waals surface area (Å²) in [6.45, 7) is 1.83. The topological polar surface area (TPSA) is 63.2 Å².